The Morgan fingerprint density at radius 1 is 1.20 bits per heavy atom. The third-order valence-corrected chi connectivity index (χ3v) is 4.51. The summed E-state index contributed by atoms with van der Waals surface area (Å²) in [5.41, 5.74) is 0.292. The highest BCUT2D eigenvalue weighted by atomic mass is 32.2. The van der Waals surface area contributed by atoms with E-state index in [1.807, 2.05) is 4.83 Å². The number of sulfonamides is 1. The molecule has 0 aliphatic carbocycles. The van der Waals surface area contributed by atoms with Crippen LogP contribution in [0.2, 0.25) is 0 Å². The number of phenols is 2. The van der Waals surface area contributed by atoms with Crippen molar-refractivity contribution in [1.29, 1.82) is 0 Å². The summed E-state index contributed by atoms with van der Waals surface area (Å²) >= 11 is 0. The van der Waals surface area contributed by atoms with Crippen LogP contribution in [0.15, 0.2) is 52.5 Å². The van der Waals surface area contributed by atoms with Gasteiger partial charge in [-0.3, -0.25) is 10.1 Å². The molecule has 0 atom stereocenters. The van der Waals surface area contributed by atoms with Crippen LogP contribution in [0.4, 0.5) is 5.69 Å². The van der Waals surface area contributed by atoms with Gasteiger partial charge in [0.25, 0.3) is 15.7 Å². The number of nitro benzene ring substituents is 1. The first-order valence-corrected chi connectivity index (χ1v) is 8.58. The van der Waals surface area contributed by atoms with Crippen LogP contribution >= 0.6 is 0 Å². The highest BCUT2D eigenvalue weighted by Gasteiger charge is 2.16. The van der Waals surface area contributed by atoms with E-state index < -0.39 is 14.9 Å². The third-order valence-electron chi connectivity index (χ3n) is 3.29. The molecule has 132 valence electrons. The van der Waals surface area contributed by atoms with Gasteiger partial charge in [-0.15, -0.1) is 0 Å². The van der Waals surface area contributed by atoms with E-state index in [4.69, 9.17) is 0 Å². The Labute approximate surface area is 143 Å². The molecule has 0 amide bonds. The minimum absolute atomic E-state index is 0.136. The Morgan fingerprint density at radius 2 is 1.84 bits per heavy atom. The van der Waals surface area contributed by atoms with E-state index in [1.54, 1.807) is 6.92 Å². The van der Waals surface area contributed by atoms with Gasteiger partial charge in [-0.25, -0.2) is 0 Å². The van der Waals surface area contributed by atoms with Crippen LogP contribution in [0.1, 0.15) is 18.9 Å². The molecule has 0 aliphatic rings. The molecule has 2 aromatic carbocycles. The molecule has 9 nitrogen and oxygen atoms in total. The van der Waals surface area contributed by atoms with Gasteiger partial charge in [0.05, 0.1) is 15.5 Å². The fourth-order valence-electron chi connectivity index (χ4n) is 2.01. The number of nitrogens with zero attached hydrogens (tertiary/aromatic N) is 2. The molecule has 0 unspecified atom stereocenters. The topological polar surface area (TPSA) is 142 Å². The highest BCUT2D eigenvalue weighted by Crippen LogP contribution is 2.24. The average Bonchev–Trinajstić information content (AvgIpc) is 2.57. The lowest BCUT2D eigenvalue weighted by Gasteiger charge is -2.09. The van der Waals surface area contributed by atoms with Crippen LogP contribution in [0.25, 0.3) is 0 Å². The van der Waals surface area contributed by atoms with Crippen molar-refractivity contribution in [3.05, 3.63) is 58.1 Å². The molecule has 0 saturated carbocycles. The number of non-ortho nitro benzene ring substituents is 1. The van der Waals surface area contributed by atoms with Gasteiger partial charge < -0.3 is 10.2 Å². The van der Waals surface area contributed by atoms with Gasteiger partial charge in [0.15, 0.2) is 0 Å². The van der Waals surface area contributed by atoms with Gasteiger partial charge in [-0.2, -0.15) is 18.4 Å². The summed E-state index contributed by atoms with van der Waals surface area (Å²) in [6.07, 6.45) is 0.307. The summed E-state index contributed by atoms with van der Waals surface area (Å²) in [4.78, 5) is 11.8. The molecular formula is C15H15N3O6S. The van der Waals surface area contributed by atoms with E-state index in [9.17, 15) is 28.7 Å². The second-order valence-corrected chi connectivity index (χ2v) is 6.62. The van der Waals surface area contributed by atoms with Crippen molar-refractivity contribution in [3.8, 4) is 11.5 Å². The van der Waals surface area contributed by atoms with E-state index >= 15 is 0 Å². The smallest absolute Gasteiger partial charge is 0.276 e. The normalized spacial score (nSPS) is 12.0. The number of benzene rings is 2. The number of hydrogen-bond acceptors (Lipinski definition) is 7. The van der Waals surface area contributed by atoms with Crippen molar-refractivity contribution in [2.75, 3.05) is 0 Å². The molecule has 25 heavy (non-hydrogen) atoms. The molecule has 2 rings (SSSR count). The maximum atomic E-state index is 12.2. The first kappa shape index (κ1) is 18.2. The van der Waals surface area contributed by atoms with Crippen molar-refractivity contribution < 1.29 is 23.6 Å². The maximum Gasteiger partial charge on any atom is 0.276 e. The molecule has 2 aromatic rings. The quantitative estimate of drug-likeness (QED) is 0.406. The summed E-state index contributed by atoms with van der Waals surface area (Å²) in [5, 5.41) is 33.6. The molecule has 0 aliphatic heterocycles. The molecule has 0 fully saturated rings. The van der Waals surface area contributed by atoms with Crippen LogP contribution < -0.4 is 4.83 Å². The fourth-order valence-corrected chi connectivity index (χ4v) is 2.84. The number of hydrogen-bond donors (Lipinski definition) is 3. The minimum Gasteiger partial charge on any atom is -0.508 e. The Morgan fingerprint density at radius 3 is 2.36 bits per heavy atom. The summed E-state index contributed by atoms with van der Waals surface area (Å²) in [5.74, 6) is -0.377. The van der Waals surface area contributed by atoms with Crippen LogP contribution in [-0.2, 0) is 10.0 Å². The number of aromatic hydroxyl groups is 2. The second-order valence-electron chi connectivity index (χ2n) is 4.96. The number of nitrogens with one attached hydrogen (secondary N) is 1. The van der Waals surface area contributed by atoms with Crippen LogP contribution in [-0.4, -0.2) is 29.3 Å². The van der Waals surface area contributed by atoms with Crippen molar-refractivity contribution >= 4 is 21.4 Å². The zero-order valence-corrected chi connectivity index (χ0v) is 13.9. The maximum absolute atomic E-state index is 12.2. The minimum atomic E-state index is -4.03. The molecular weight excluding hydrogens is 350 g/mol. The average molecular weight is 365 g/mol. The number of rotatable bonds is 6. The SMILES string of the molecule is CCC(=NNS(=O)(=O)c1ccc([N+](=O)[O-])cc1)c1ccc(O)cc1O. The zero-order valence-electron chi connectivity index (χ0n) is 13.1. The van der Waals surface area contributed by atoms with Gasteiger partial charge in [-0.05, 0) is 30.7 Å². The molecule has 0 spiro atoms. The van der Waals surface area contributed by atoms with Gasteiger partial charge in [0.2, 0.25) is 0 Å². The van der Waals surface area contributed by atoms with Gasteiger partial charge in [0.1, 0.15) is 11.5 Å². The highest BCUT2D eigenvalue weighted by molar-refractivity contribution is 7.89. The summed E-state index contributed by atoms with van der Waals surface area (Å²) in [6.45, 7) is 1.71. The van der Waals surface area contributed by atoms with Crippen LogP contribution in [0.3, 0.4) is 0 Å². The van der Waals surface area contributed by atoms with E-state index in [2.05, 4.69) is 5.10 Å². The Kier molecular flexibility index (Phi) is 5.22. The molecule has 0 heterocycles. The van der Waals surface area contributed by atoms with E-state index in [1.165, 1.54) is 12.1 Å². The zero-order chi connectivity index (χ0) is 18.6. The monoisotopic (exact) mass is 365 g/mol. The lowest BCUT2D eigenvalue weighted by atomic mass is 10.1. The van der Waals surface area contributed by atoms with Crippen molar-refractivity contribution in [1.82, 2.24) is 4.83 Å². The van der Waals surface area contributed by atoms with Gasteiger partial charge >= 0.3 is 0 Å². The van der Waals surface area contributed by atoms with E-state index in [0.717, 1.165) is 30.3 Å². The lowest BCUT2D eigenvalue weighted by molar-refractivity contribution is -0.384. The molecule has 0 saturated heterocycles. The van der Waals surface area contributed by atoms with Crippen molar-refractivity contribution in [2.24, 2.45) is 5.10 Å². The Bertz CT molecular complexity index is 923. The van der Waals surface area contributed by atoms with E-state index in [0.29, 0.717) is 6.42 Å². The standard InChI is InChI=1S/C15H15N3O6S/c1-2-14(13-8-5-11(19)9-15(13)20)16-17-25(23,24)12-6-3-10(4-7-12)18(21)22/h3-9,17,19-20H,2H2,1H3. The Balaban J connectivity index is 2.29. The molecule has 10 heteroatoms. The van der Waals surface area contributed by atoms with Crippen LogP contribution in [0.5, 0.6) is 11.5 Å². The first-order chi connectivity index (χ1) is 11.7. The third kappa shape index (κ3) is 4.23. The van der Waals surface area contributed by atoms with Gasteiger partial charge in [0, 0.05) is 23.8 Å². The van der Waals surface area contributed by atoms with Gasteiger partial charge in [-0.1, -0.05) is 6.92 Å². The summed E-state index contributed by atoms with van der Waals surface area (Å²) in [6, 6.07) is 8.21. The van der Waals surface area contributed by atoms with E-state index in [-0.39, 0.29) is 33.4 Å². The molecule has 0 bridgehead atoms. The summed E-state index contributed by atoms with van der Waals surface area (Å²) < 4.78 is 24.4. The lowest BCUT2D eigenvalue weighted by Crippen LogP contribution is -2.20. The molecule has 0 radical (unpaired) electrons. The largest absolute Gasteiger partial charge is 0.508 e. The summed E-state index contributed by atoms with van der Waals surface area (Å²) in [7, 11) is -4.03. The predicted octanol–water partition coefficient (Wildman–Crippen LogP) is 2.10. The number of phenolic OH excluding ortho intramolecular Hbond substituents is 2. The number of hydrazone groups is 1. The number of nitro groups is 1. The second kappa shape index (κ2) is 7.18. The van der Waals surface area contributed by atoms with Crippen LogP contribution in [0, 0.1) is 10.1 Å². The first-order valence-electron chi connectivity index (χ1n) is 7.09. The van der Waals surface area contributed by atoms with Crippen molar-refractivity contribution in [2.45, 2.75) is 18.2 Å². The van der Waals surface area contributed by atoms with Crippen molar-refractivity contribution in [3.63, 3.8) is 0 Å². The molecule has 0 aromatic heterocycles. The fraction of sp³-hybridized carbons (Fsp3) is 0.133. The predicted molar refractivity (Wildman–Crippen MR) is 90.0 cm³/mol. The molecule has 3 N–H and O–H groups in total. The Hall–Kier alpha value is -3.14.